The minimum Gasteiger partial charge on any atom is -0.255 e. The van der Waals surface area contributed by atoms with Crippen LogP contribution in [0.15, 0.2) is 0 Å². The Balaban J connectivity index is -0.0000000487. The average Bonchev–Trinajstić information content (AvgIpc) is 2.28. The lowest BCUT2D eigenvalue weighted by Gasteiger charge is -2.14. The molecule has 0 radical (unpaired) electrons. The summed E-state index contributed by atoms with van der Waals surface area (Å²) in [5, 5.41) is 0. The van der Waals surface area contributed by atoms with Gasteiger partial charge in [0, 0.05) is 0 Å². The minimum absolute atomic E-state index is 0. The Bertz CT molecular complexity index is 221. The summed E-state index contributed by atoms with van der Waals surface area (Å²) in [6.07, 6.45) is -10.3. The van der Waals surface area contributed by atoms with E-state index >= 15 is 0 Å². The molecule has 0 bridgehead atoms. The van der Waals surface area contributed by atoms with Crippen molar-refractivity contribution in [2.24, 2.45) is 0 Å². The maximum atomic E-state index is 11.2. The van der Waals surface area contributed by atoms with Crippen molar-refractivity contribution in [3.05, 3.63) is 0 Å². The minimum atomic E-state index is -5.76. The third kappa shape index (κ3) is 37.3. The lowest BCUT2D eigenvalue weighted by Crippen LogP contribution is -2.38. The second-order valence-electron chi connectivity index (χ2n) is 2.45. The number of alkyl halides is 13. The Kier molecular flexibility index (Phi) is 29.4. The van der Waals surface area contributed by atoms with Gasteiger partial charge in [0.25, 0.3) is 0 Å². The largest absolute Gasteiger partial charge is 0.456 e. The number of rotatable bonds is 2. The first-order valence-corrected chi connectivity index (χ1v) is 4.21. The van der Waals surface area contributed by atoms with Crippen LogP contribution in [-0.4, -0.2) is 45.4 Å². The first kappa shape index (κ1) is 38.5. The molecular formula is C9H16F14O. The number of hydrogen-bond donors (Lipinski definition) is 0. The van der Waals surface area contributed by atoms with E-state index in [0.29, 0.717) is 7.18 Å². The predicted octanol–water partition coefficient (Wildman–Crippen LogP) is 6.64. The first-order chi connectivity index (χ1) is 9.60. The van der Waals surface area contributed by atoms with Crippen LogP contribution in [-0.2, 0) is 4.94 Å². The highest BCUT2D eigenvalue weighted by Crippen LogP contribution is 2.35. The molecule has 0 spiro atoms. The monoisotopic (exact) mass is 406 g/mol. The van der Waals surface area contributed by atoms with Gasteiger partial charge < -0.3 is 0 Å². The van der Waals surface area contributed by atoms with Gasteiger partial charge in [0.1, 0.15) is 0 Å². The summed E-state index contributed by atoms with van der Waals surface area (Å²) in [5.74, 6) is -5.19. The molecule has 0 unspecified atom stereocenters. The SMILES string of the molecule is C.C.CF.FC(F)F.FCC(F)(F)C(F)(F)F.FOCC(F)(F)F. The highest BCUT2D eigenvalue weighted by Gasteiger charge is 2.57. The predicted molar refractivity (Wildman–Crippen MR) is 57.7 cm³/mol. The van der Waals surface area contributed by atoms with Gasteiger partial charge in [-0.3, -0.25) is 4.39 Å². The first-order valence-electron chi connectivity index (χ1n) is 4.21. The van der Waals surface area contributed by atoms with Gasteiger partial charge >= 0.3 is 25.0 Å². The maximum Gasteiger partial charge on any atom is 0.456 e. The zero-order chi connectivity index (χ0) is 19.2. The van der Waals surface area contributed by atoms with Crippen LogP contribution < -0.4 is 0 Å². The van der Waals surface area contributed by atoms with Crippen molar-refractivity contribution in [1.29, 1.82) is 0 Å². The molecule has 0 rings (SSSR count). The quantitative estimate of drug-likeness (QED) is 0.467. The zero-order valence-corrected chi connectivity index (χ0v) is 10.2. The molecule has 0 aromatic rings. The molecule has 0 N–H and O–H groups in total. The van der Waals surface area contributed by atoms with Gasteiger partial charge in [0.15, 0.2) is 13.3 Å². The fraction of sp³-hybridized carbons (Fsp3) is 1.00. The molecule has 0 fully saturated rings. The topological polar surface area (TPSA) is 9.23 Å². The van der Waals surface area contributed by atoms with E-state index < -0.39 is 38.2 Å². The van der Waals surface area contributed by atoms with Crippen LogP contribution in [0.5, 0.6) is 0 Å². The van der Waals surface area contributed by atoms with E-state index in [9.17, 15) is 61.6 Å². The summed E-state index contributed by atoms with van der Waals surface area (Å²) in [5.41, 5.74) is 0. The van der Waals surface area contributed by atoms with E-state index in [4.69, 9.17) is 0 Å². The van der Waals surface area contributed by atoms with Crippen molar-refractivity contribution in [2.45, 2.75) is 39.8 Å². The molecule has 1 nitrogen and oxygen atoms in total. The molecule has 0 aliphatic carbocycles. The summed E-state index contributed by atoms with van der Waals surface area (Å²) in [7, 11) is 0.500. The number of hydrogen-bond acceptors (Lipinski definition) is 1. The van der Waals surface area contributed by atoms with E-state index in [0.717, 1.165) is 0 Å². The van der Waals surface area contributed by atoms with Crippen LogP contribution in [0.1, 0.15) is 14.9 Å². The highest BCUT2D eigenvalue weighted by molar-refractivity contribution is 4.73. The molecule has 24 heavy (non-hydrogen) atoms. The van der Waals surface area contributed by atoms with Crippen LogP contribution in [0.4, 0.5) is 61.6 Å². The van der Waals surface area contributed by atoms with Crippen molar-refractivity contribution in [1.82, 2.24) is 0 Å². The molecule has 0 aliphatic rings. The Morgan fingerprint density at radius 1 is 0.792 bits per heavy atom. The van der Waals surface area contributed by atoms with E-state index in [1.54, 1.807) is 0 Å². The van der Waals surface area contributed by atoms with E-state index in [1.165, 1.54) is 0 Å². The Morgan fingerprint density at radius 2 is 1.04 bits per heavy atom. The average molecular weight is 406 g/mol. The van der Waals surface area contributed by atoms with Gasteiger partial charge in [-0.2, -0.15) is 53.2 Å². The van der Waals surface area contributed by atoms with Crippen molar-refractivity contribution < 1.29 is 66.5 Å². The molecule has 0 aliphatic heterocycles. The van der Waals surface area contributed by atoms with Gasteiger partial charge in [-0.05, 0) is 4.53 Å². The smallest absolute Gasteiger partial charge is 0.255 e. The maximum absolute atomic E-state index is 11.2. The second-order valence-corrected chi connectivity index (χ2v) is 2.45. The normalized spacial score (nSPS) is 10.5. The standard InChI is InChI=1S/C3H2F6.C2H2F4O.CHF3.CH3F.2CH4/c4-1-2(5,6)3(7,8)9;3-2(4,5)1-7-6;2-1(3)4;1-2;;/h1H2;1H2;1H;1H3;2*1H4. The lowest BCUT2D eigenvalue weighted by atomic mass is 10.4. The molecule has 0 saturated carbocycles. The van der Waals surface area contributed by atoms with Crippen molar-refractivity contribution >= 4 is 0 Å². The fourth-order valence-corrected chi connectivity index (χ4v) is 0.138. The van der Waals surface area contributed by atoms with E-state index in [1.807, 2.05) is 0 Å². The molecule has 15 heteroatoms. The van der Waals surface area contributed by atoms with E-state index in [-0.39, 0.29) is 14.9 Å². The van der Waals surface area contributed by atoms with Gasteiger partial charge in [-0.25, -0.2) is 4.39 Å². The molecule has 0 heterocycles. The summed E-state index contributed by atoms with van der Waals surface area (Å²) in [6, 6.07) is 0. The summed E-state index contributed by atoms with van der Waals surface area (Å²) in [4.78, 5) is 2.28. The molecule has 156 valence electrons. The second kappa shape index (κ2) is 18.3. The Morgan fingerprint density at radius 3 is 1.04 bits per heavy atom. The van der Waals surface area contributed by atoms with Crippen LogP contribution in [0.3, 0.4) is 0 Å². The van der Waals surface area contributed by atoms with Crippen molar-refractivity contribution in [2.75, 3.05) is 20.5 Å². The van der Waals surface area contributed by atoms with E-state index in [2.05, 4.69) is 4.94 Å². The third-order valence-corrected chi connectivity index (χ3v) is 0.801. The Labute approximate surface area is 128 Å². The molecule has 0 aromatic heterocycles. The van der Waals surface area contributed by atoms with Gasteiger partial charge in [-0.15, -0.1) is 0 Å². The molecular weight excluding hydrogens is 390 g/mol. The summed E-state index contributed by atoms with van der Waals surface area (Å²) < 4.78 is 146. The van der Waals surface area contributed by atoms with Crippen molar-refractivity contribution in [3.63, 3.8) is 0 Å². The number of halogens is 14. The summed E-state index contributed by atoms with van der Waals surface area (Å²) in [6.45, 7) is -8.19. The molecule has 0 saturated heterocycles. The highest BCUT2D eigenvalue weighted by atomic mass is 19.4. The van der Waals surface area contributed by atoms with Gasteiger partial charge in [0.2, 0.25) is 0 Å². The molecule has 0 aromatic carbocycles. The fourth-order valence-electron chi connectivity index (χ4n) is 0.138. The molecule has 0 amide bonds. The lowest BCUT2D eigenvalue weighted by molar-refractivity contribution is -0.286. The van der Waals surface area contributed by atoms with Crippen LogP contribution in [0.25, 0.3) is 0 Å². The van der Waals surface area contributed by atoms with Crippen molar-refractivity contribution in [3.8, 4) is 0 Å². The van der Waals surface area contributed by atoms with Crippen LogP contribution in [0, 0.1) is 0 Å². The van der Waals surface area contributed by atoms with Crippen LogP contribution >= 0.6 is 0 Å². The molecule has 0 atom stereocenters. The van der Waals surface area contributed by atoms with Crippen LogP contribution in [0.2, 0.25) is 0 Å². The zero-order valence-electron chi connectivity index (χ0n) is 10.2. The van der Waals surface area contributed by atoms with Gasteiger partial charge in [-0.1, -0.05) is 14.9 Å². The third-order valence-electron chi connectivity index (χ3n) is 0.801. The van der Waals surface area contributed by atoms with Gasteiger partial charge in [0.05, 0.1) is 7.18 Å². The Hall–Kier alpha value is -1.02. The summed E-state index contributed by atoms with van der Waals surface area (Å²) >= 11 is 0.